The van der Waals surface area contributed by atoms with Crippen molar-refractivity contribution >= 4 is 22.9 Å². The first-order valence-electron chi connectivity index (χ1n) is 11.3. The second kappa shape index (κ2) is 8.42. The average molecular weight is 436 g/mol. The van der Waals surface area contributed by atoms with E-state index in [2.05, 4.69) is 41.6 Å². The van der Waals surface area contributed by atoms with Crippen LogP contribution in [0, 0.1) is 6.92 Å². The van der Waals surface area contributed by atoms with Gasteiger partial charge in [0.2, 0.25) is 5.91 Å². The van der Waals surface area contributed by atoms with Gasteiger partial charge in [0.1, 0.15) is 18.0 Å². The second-order valence-corrected chi connectivity index (χ2v) is 8.65. The van der Waals surface area contributed by atoms with Gasteiger partial charge in [0.15, 0.2) is 17.0 Å². The summed E-state index contributed by atoms with van der Waals surface area (Å²) in [5.41, 5.74) is 2.35. The van der Waals surface area contributed by atoms with Gasteiger partial charge in [-0.05, 0) is 46.7 Å². The van der Waals surface area contributed by atoms with Gasteiger partial charge in [-0.15, -0.1) is 0 Å². The van der Waals surface area contributed by atoms with Gasteiger partial charge in [-0.1, -0.05) is 0 Å². The quantitative estimate of drug-likeness (QED) is 0.646. The monoisotopic (exact) mass is 435 g/mol. The van der Waals surface area contributed by atoms with Crippen molar-refractivity contribution in [3.63, 3.8) is 0 Å². The van der Waals surface area contributed by atoms with Crippen LogP contribution in [0.15, 0.2) is 18.7 Å². The number of imidazole rings is 1. The number of carbonyl (C=O) groups excluding carboxylic acids is 1. The van der Waals surface area contributed by atoms with Gasteiger partial charge in [0.25, 0.3) is 0 Å². The Balaban J connectivity index is 1.38. The van der Waals surface area contributed by atoms with Crippen molar-refractivity contribution in [1.82, 2.24) is 39.3 Å². The number of nitrogens with one attached hydrogen (secondary N) is 1. The molecular weight excluding hydrogens is 406 g/mol. The summed E-state index contributed by atoms with van der Waals surface area (Å²) in [5.74, 6) is 2.45. The zero-order chi connectivity index (χ0) is 22.2. The van der Waals surface area contributed by atoms with Gasteiger partial charge in [-0.2, -0.15) is 0 Å². The highest BCUT2D eigenvalue weighted by molar-refractivity contribution is 5.86. The number of aryl methyl sites for hydroxylation is 2. The largest absolute Gasteiger partial charge is 0.364 e. The maximum absolute atomic E-state index is 12.9. The number of amides is 1. The molecule has 0 saturated carbocycles. The van der Waals surface area contributed by atoms with E-state index >= 15 is 0 Å². The molecule has 3 aromatic heterocycles. The number of hydrogen-bond donors (Lipinski definition) is 1. The molecule has 0 aromatic carbocycles. The van der Waals surface area contributed by atoms with Gasteiger partial charge in [0, 0.05) is 38.1 Å². The Morgan fingerprint density at radius 3 is 2.69 bits per heavy atom. The normalized spacial score (nSPS) is 21.5. The van der Waals surface area contributed by atoms with Crippen molar-refractivity contribution in [3.05, 3.63) is 24.5 Å². The van der Waals surface area contributed by atoms with E-state index < -0.39 is 0 Å². The molecule has 2 aliphatic heterocycles. The summed E-state index contributed by atoms with van der Waals surface area (Å²) >= 11 is 0. The predicted octanol–water partition coefficient (Wildman–Crippen LogP) is 1.72. The van der Waals surface area contributed by atoms with Crippen LogP contribution < -0.4 is 5.32 Å². The highest BCUT2D eigenvalue weighted by Gasteiger charge is 2.35. The third-order valence-corrected chi connectivity index (χ3v) is 6.53. The van der Waals surface area contributed by atoms with Crippen LogP contribution in [-0.2, 0) is 11.3 Å². The molecule has 168 valence electrons. The second-order valence-electron chi connectivity index (χ2n) is 8.65. The fourth-order valence-electron chi connectivity index (χ4n) is 4.77. The Morgan fingerprint density at radius 1 is 1.16 bits per heavy atom. The maximum Gasteiger partial charge on any atom is 0.239 e. The fourth-order valence-corrected chi connectivity index (χ4v) is 4.77. The van der Waals surface area contributed by atoms with Gasteiger partial charge < -0.3 is 14.8 Å². The lowest BCUT2D eigenvalue weighted by atomic mass is 10.2. The molecule has 10 nitrogen and oxygen atoms in total. The third kappa shape index (κ3) is 3.68. The van der Waals surface area contributed by atoms with Crippen LogP contribution in [0.2, 0.25) is 0 Å². The van der Waals surface area contributed by atoms with Gasteiger partial charge in [-0.25, -0.2) is 24.9 Å². The van der Waals surface area contributed by atoms with Crippen molar-refractivity contribution in [2.75, 3.05) is 32.0 Å². The lowest BCUT2D eigenvalue weighted by Crippen LogP contribution is -2.44. The van der Waals surface area contributed by atoms with Crippen LogP contribution in [0.4, 0.5) is 5.82 Å². The van der Waals surface area contributed by atoms with E-state index in [-0.39, 0.29) is 18.0 Å². The summed E-state index contributed by atoms with van der Waals surface area (Å²) in [6.07, 6.45) is 8.08. The number of aromatic nitrogens is 6. The smallest absolute Gasteiger partial charge is 0.239 e. The molecule has 1 amide bonds. The highest BCUT2D eigenvalue weighted by Crippen LogP contribution is 2.28. The summed E-state index contributed by atoms with van der Waals surface area (Å²) in [6, 6.07) is 0.167. The Labute approximate surface area is 187 Å². The van der Waals surface area contributed by atoms with E-state index in [0.717, 1.165) is 67.3 Å². The molecule has 3 aromatic rings. The van der Waals surface area contributed by atoms with Crippen LogP contribution in [0.25, 0.3) is 22.6 Å². The van der Waals surface area contributed by atoms with Crippen LogP contribution in [0.3, 0.4) is 0 Å². The number of likely N-dealkylation sites (tertiary alicyclic amines) is 2. The molecule has 2 fully saturated rings. The molecule has 1 N–H and O–H groups in total. The minimum atomic E-state index is 0.0269. The molecule has 0 aliphatic carbocycles. The van der Waals surface area contributed by atoms with Crippen molar-refractivity contribution < 1.29 is 4.79 Å². The number of carbonyl (C=O) groups is 1. The zero-order valence-corrected chi connectivity index (χ0v) is 18.8. The number of anilines is 1. The topological polar surface area (TPSA) is 105 Å². The molecule has 2 atom stereocenters. The summed E-state index contributed by atoms with van der Waals surface area (Å²) in [4.78, 5) is 39.6. The Bertz CT molecular complexity index is 1130. The van der Waals surface area contributed by atoms with Crippen LogP contribution >= 0.6 is 0 Å². The lowest BCUT2D eigenvalue weighted by Gasteiger charge is -2.25. The lowest BCUT2D eigenvalue weighted by molar-refractivity contribution is -0.134. The minimum Gasteiger partial charge on any atom is -0.364 e. The Morgan fingerprint density at radius 2 is 1.97 bits per heavy atom. The molecule has 32 heavy (non-hydrogen) atoms. The third-order valence-electron chi connectivity index (χ3n) is 6.53. The number of nitrogens with zero attached hydrogens (tertiary/aromatic N) is 8. The van der Waals surface area contributed by atoms with E-state index in [1.165, 1.54) is 0 Å². The fraction of sp³-hybridized carbons (Fsp3) is 0.545. The molecule has 0 spiro atoms. The van der Waals surface area contributed by atoms with Crippen molar-refractivity contribution in [2.24, 2.45) is 0 Å². The van der Waals surface area contributed by atoms with Crippen molar-refractivity contribution in [2.45, 2.75) is 51.7 Å². The maximum atomic E-state index is 12.9. The molecular formula is C22H29N9O. The van der Waals surface area contributed by atoms with Crippen molar-refractivity contribution in [3.8, 4) is 11.4 Å². The van der Waals surface area contributed by atoms with E-state index in [4.69, 9.17) is 4.98 Å². The van der Waals surface area contributed by atoms with Crippen LogP contribution in [0.5, 0.6) is 0 Å². The molecule has 5 heterocycles. The van der Waals surface area contributed by atoms with Gasteiger partial charge >= 0.3 is 0 Å². The Kier molecular flexibility index (Phi) is 5.46. The van der Waals surface area contributed by atoms with Gasteiger partial charge in [-0.3, -0.25) is 9.69 Å². The first kappa shape index (κ1) is 20.7. The minimum absolute atomic E-state index is 0.0269. The van der Waals surface area contributed by atoms with E-state index in [0.29, 0.717) is 12.4 Å². The molecule has 10 heteroatoms. The zero-order valence-electron chi connectivity index (χ0n) is 18.8. The SMILES string of the molecule is CCn1c(-c2cnc(C)nc2)nc2c(N[C@H]3CCN(C(=O)[C@@H]4CCCN4C)C3)ncnc21. The Hall–Kier alpha value is -3.14. The standard InChI is InChI=1S/C22H29N9O/c1-4-31-20(15-10-23-14(2)24-11-15)28-18-19(25-13-26-21(18)31)27-16-7-9-30(12-16)22(32)17-6-5-8-29(17)3/h10-11,13,16-17H,4-9,12H2,1-3H3,(H,25,26,27)/t16-,17-/m0/s1. The summed E-state index contributed by atoms with van der Waals surface area (Å²) in [7, 11) is 2.04. The van der Waals surface area contributed by atoms with Crippen molar-refractivity contribution in [1.29, 1.82) is 0 Å². The molecule has 0 unspecified atom stereocenters. The summed E-state index contributed by atoms with van der Waals surface area (Å²) < 4.78 is 2.05. The molecule has 5 rings (SSSR count). The summed E-state index contributed by atoms with van der Waals surface area (Å²) in [5, 5.41) is 3.53. The molecule has 0 radical (unpaired) electrons. The van der Waals surface area contributed by atoms with E-state index in [1.807, 2.05) is 18.9 Å². The molecule has 0 bridgehead atoms. The molecule has 2 saturated heterocycles. The van der Waals surface area contributed by atoms with Crippen LogP contribution in [-0.4, -0.2) is 84.0 Å². The number of fused-ring (bicyclic) bond motifs is 1. The first-order chi connectivity index (χ1) is 15.5. The highest BCUT2D eigenvalue weighted by atomic mass is 16.2. The van der Waals surface area contributed by atoms with Gasteiger partial charge in [0.05, 0.1) is 11.6 Å². The molecule has 2 aliphatic rings. The predicted molar refractivity (Wildman–Crippen MR) is 121 cm³/mol. The average Bonchev–Trinajstić information content (AvgIpc) is 3.52. The number of likely N-dealkylation sites (N-methyl/N-ethyl adjacent to an activating group) is 1. The number of rotatable bonds is 5. The van der Waals surface area contributed by atoms with E-state index in [9.17, 15) is 4.79 Å². The summed E-state index contributed by atoms with van der Waals surface area (Å²) in [6.45, 7) is 7.10. The van der Waals surface area contributed by atoms with E-state index in [1.54, 1.807) is 18.7 Å². The number of hydrogen-bond acceptors (Lipinski definition) is 8. The first-order valence-corrected chi connectivity index (χ1v) is 11.3. The van der Waals surface area contributed by atoms with Crippen LogP contribution in [0.1, 0.15) is 32.0 Å².